The van der Waals surface area contributed by atoms with Gasteiger partial charge in [0, 0.05) is 27.5 Å². The zero-order chi connectivity index (χ0) is 41.1. The first-order valence-electron chi connectivity index (χ1n) is 20.3. The van der Waals surface area contributed by atoms with E-state index in [1.807, 2.05) is 0 Å². The smallest absolute Gasteiger partial charge is 0.164 e. The molecule has 8 aromatic rings. The Hall–Kier alpha value is -5.61. The SMILES string of the molecule is [2H]c1c([2H])c([2H])c(-c2nc(-c3c([2H])c([2H])c(-c4c([2H])c([2H])c5c([2H])c([2H])c([2H])c([2H])c5c4[2H])c([2H])c3[2H])nc(-c3cccc4oc5ccccc5c34)n2)c([2H])c1[2H]. The molecular formula is C37H23N3O. The predicted octanol–water partition coefficient (Wildman–Crippen LogP) is 9.59. The summed E-state index contributed by atoms with van der Waals surface area (Å²) in [4.78, 5) is 13.5. The normalized spacial score (nSPS) is 16.9. The van der Waals surface area contributed by atoms with E-state index in [0.29, 0.717) is 27.5 Å². The van der Waals surface area contributed by atoms with Crippen molar-refractivity contribution in [2.75, 3.05) is 0 Å². The summed E-state index contributed by atoms with van der Waals surface area (Å²) >= 11 is 0. The molecule has 6 aromatic carbocycles. The molecule has 2 aromatic heterocycles. The quantitative estimate of drug-likeness (QED) is 0.223. The van der Waals surface area contributed by atoms with Crippen molar-refractivity contribution in [2.45, 2.75) is 0 Å². The average Bonchev–Trinajstić information content (AvgIpc) is 3.58. The lowest BCUT2D eigenvalue weighted by Gasteiger charge is -2.10. The van der Waals surface area contributed by atoms with Crippen LogP contribution in [0.2, 0.25) is 0 Å². The summed E-state index contributed by atoms with van der Waals surface area (Å²) in [6, 6.07) is 0.697. The van der Waals surface area contributed by atoms with Crippen molar-refractivity contribution >= 4 is 32.7 Å². The van der Waals surface area contributed by atoms with Gasteiger partial charge in [0.2, 0.25) is 0 Å². The van der Waals surface area contributed by atoms with Gasteiger partial charge in [0.05, 0.1) is 21.9 Å². The largest absolute Gasteiger partial charge is 0.456 e. The second kappa shape index (κ2) is 9.54. The van der Waals surface area contributed by atoms with Gasteiger partial charge in [0.15, 0.2) is 17.5 Å². The topological polar surface area (TPSA) is 51.8 Å². The summed E-state index contributed by atoms with van der Waals surface area (Å²) in [6.07, 6.45) is 0. The first-order valence-corrected chi connectivity index (χ1v) is 12.3. The van der Waals surface area contributed by atoms with Crippen LogP contribution in [-0.2, 0) is 0 Å². The molecule has 0 radical (unpaired) electrons. The van der Waals surface area contributed by atoms with E-state index in [-0.39, 0.29) is 5.82 Å². The van der Waals surface area contributed by atoms with Gasteiger partial charge in [-0.2, -0.15) is 0 Å². The van der Waals surface area contributed by atoms with Gasteiger partial charge in [-0.1, -0.05) is 121 Å². The minimum Gasteiger partial charge on any atom is -0.456 e. The Bertz CT molecular complexity index is 3050. The van der Waals surface area contributed by atoms with Crippen LogP contribution in [0.5, 0.6) is 0 Å². The second-order valence-corrected chi connectivity index (χ2v) is 8.83. The monoisotopic (exact) mass is 541 g/mol. The highest BCUT2D eigenvalue weighted by atomic mass is 16.3. The van der Waals surface area contributed by atoms with Gasteiger partial charge in [-0.25, -0.2) is 15.0 Å². The molecule has 0 fully saturated rings. The van der Waals surface area contributed by atoms with Crippen molar-refractivity contribution in [3.05, 3.63) is 139 Å². The number of aromatic nitrogens is 3. The number of nitrogens with zero attached hydrogens (tertiary/aromatic N) is 3. The lowest BCUT2D eigenvalue weighted by atomic mass is 10.00. The van der Waals surface area contributed by atoms with Crippen molar-refractivity contribution in [1.82, 2.24) is 15.0 Å². The molecule has 0 saturated carbocycles. The van der Waals surface area contributed by atoms with Crippen molar-refractivity contribution in [3.63, 3.8) is 0 Å². The number of furan rings is 1. The fourth-order valence-corrected chi connectivity index (χ4v) is 4.50. The Morgan fingerprint density at radius 2 is 1.12 bits per heavy atom. The Kier molecular flexibility index (Phi) is 2.86. The van der Waals surface area contributed by atoms with Gasteiger partial charge in [-0.15, -0.1) is 0 Å². The van der Waals surface area contributed by atoms with Crippen LogP contribution in [0.25, 0.3) is 78.0 Å². The Balaban J connectivity index is 1.46. The maximum absolute atomic E-state index is 9.15. The molecule has 0 saturated heterocycles. The first kappa shape index (κ1) is 12.3. The van der Waals surface area contributed by atoms with Crippen LogP contribution in [0.3, 0.4) is 0 Å². The standard InChI is InChI=1S/C37H23N3O/c1-2-10-26(11-3-1)35-38-36(27-20-17-25(18-21-27)29-22-19-24-9-4-5-12-28(24)23-29)40-37(39-35)31-14-8-16-33-34(31)30-13-6-7-15-32(30)41-33/h1-23H/i1D,2D,3D,4D,5D,9D,10D,11D,12D,17D,18D,19D,20D,21D,22D,23D. The number of rotatable bonds is 4. The highest BCUT2D eigenvalue weighted by Gasteiger charge is 2.17. The Morgan fingerprint density at radius 3 is 1.95 bits per heavy atom. The van der Waals surface area contributed by atoms with Crippen molar-refractivity contribution in [3.8, 4) is 45.3 Å². The molecule has 0 N–H and O–H groups in total. The molecule has 0 bridgehead atoms. The summed E-state index contributed by atoms with van der Waals surface area (Å²) in [5.41, 5.74) is -0.816. The number of hydrogen-bond donors (Lipinski definition) is 0. The van der Waals surface area contributed by atoms with Gasteiger partial charge in [0.1, 0.15) is 11.2 Å². The van der Waals surface area contributed by atoms with Crippen LogP contribution in [0.4, 0.5) is 0 Å². The zero-order valence-corrected chi connectivity index (χ0v) is 20.8. The summed E-state index contributed by atoms with van der Waals surface area (Å²) in [7, 11) is 0. The van der Waals surface area contributed by atoms with Gasteiger partial charge < -0.3 is 4.42 Å². The maximum atomic E-state index is 9.15. The average molecular weight is 542 g/mol. The molecule has 0 unspecified atom stereocenters. The fourth-order valence-electron chi connectivity index (χ4n) is 4.50. The minimum atomic E-state index is -0.804. The molecule has 41 heavy (non-hydrogen) atoms. The summed E-state index contributed by atoms with van der Waals surface area (Å²) in [6.45, 7) is 0. The van der Waals surface area contributed by atoms with Crippen LogP contribution in [0.1, 0.15) is 21.9 Å². The molecular weight excluding hydrogens is 502 g/mol. The van der Waals surface area contributed by atoms with E-state index in [4.69, 9.17) is 26.3 Å². The van der Waals surface area contributed by atoms with Crippen LogP contribution < -0.4 is 0 Å². The molecule has 2 heterocycles. The van der Waals surface area contributed by atoms with Crippen LogP contribution in [-0.4, -0.2) is 15.0 Å². The van der Waals surface area contributed by atoms with E-state index >= 15 is 0 Å². The number of para-hydroxylation sites is 1. The molecule has 0 aliphatic rings. The third-order valence-electron chi connectivity index (χ3n) is 6.35. The maximum Gasteiger partial charge on any atom is 0.164 e. The van der Waals surface area contributed by atoms with E-state index in [9.17, 15) is 0 Å². The molecule has 0 aliphatic carbocycles. The Morgan fingerprint density at radius 1 is 0.488 bits per heavy atom. The summed E-state index contributed by atoms with van der Waals surface area (Å²) in [5.74, 6) is -1.06. The molecule has 0 aliphatic heterocycles. The number of benzene rings is 6. The minimum absolute atomic E-state index is 0.135. The van der Waals surface area contributed by atoms with Gasteiger partial charge in [-0.05, 0) is 40.1 Å². The summed E-state index contributed by atoms with van der Waals surface area (Å²) < 4.78 is 144. The molecule has 4 nitrogen and oxygen atoms in total. The van der Waals surface area contributed by atoms with E-state index in [1.54, 1.807) is 42.5 Å². The zero-order valence-electron chi connectivity index (χ0n) is 36.8. The van der Waals surface area contributed by atoms with Crippen LogP contribution in [0.15, 0.2) is 144 Å². The second-order valence-electron chi connectivity index (χ2n) is 8.83. The predicted molar refractivity (Wildman–Crippen MR) is 166 cm³/mol. The molecule has 8 rings (SSSR count). The van der Waals surface area contributed by atoms with E-state index in [0.717, 1.165) is 0 Å². The molecule has 0 spiro atoms. The van der Waals surface area contributed by atoms with Gasteiger partial charge >= 0.3 is 0 Å². The highest BCUT2D eigenvalue weighted by Crippen LogP contribution is 2.36. The molecule has 0 atom stereocenters. The van der Waals surface area contributed by atoms with Crippen molar-refractivity contribution in [1.29, 1.82) is 0 Å². The van der Waals surface area contributed by atoms with Crippen LogP contribution >= 0.6 is 0 Å². The molecule has 192 valence electrons. The number of fused-ring (bicyclic) bond motifs is 4. The van der Waals surface area contributed by atoms with Gasteiger partial charge in [0.25, 0.3) is 0 Å². The highest BCUT2D eigenvalue weighted by molar-refractivity contribution is 6.11. The van der Waals surface area contributed by atoms with Gasteiger partial charge in [-0.3, -0.25) is 0 Å². The van der Waals surface area contributed by atoms with Crippen molar-refractivity contribution < 1.29 is 26.3 Å². The van der Waals surface area contributed by atoms with Crippen molar-refractivity contribution in [2.24, 2.45) is 0 Å². The molecule has 0 amide bonds. The number of hydrogen-bond acceptors (Lipinski definition) is 4. The lowest BCUT2D eigenvalue weighted by Crippen LogP contribution is -2.00. The van der Waals surface area contributed by atoms with E-state index in [2.05, 4.69) is 15.0 Å². The van der Waals surface area contributed by atoms with E-state index in [1.165, 1.54) is 0 Å². The fraction of sp³-hybridized carbons (Fsp3) is 0. The third-order valence-corrected chi connectivity index (χ3v) is 6.35. The summed E-state index contributed by atoms with van der Waals surface area (Å²) in [5, 5.41) is 0.349. The van der Waals surface area contributed by atoms with Crippen LogP contribution in [0, 0.1) is 0 Å². The third kappa shape index (κ3) is 4.14. The first-order chi connectivity index (χ1) is 27.0. The lowest BCUT2D eigenvalue weighted by molar-refractivity contribution is 0.669. The van der Waals surface area contributed by atoms with E-state index < -0.39 is 141 Å². The molecule has 4 heteroatoms. The Labute approximate surface area is 259 Å².